The lowest BCUT2D eigenvalue weighted by atomic mass is 10.0. The van der Waals surface area contributed by atoms with E-state index in [1.54, 1.807) is 0 Å². The highest BCUT2D eigenvalue weighted by Gasteiger charge is 2.20. The molecule has 40 heavy (non-hydrogen) atoms. The predicted octanol–water partition coefficient (Wildman–Crippen LogP) is 5.55. The first-order valence-electron chi connectivity index (χ1n) is 14.6. The van der Waals surface area contributed by atoms with Crippen molar-refractivity contribution in [3.63, 3.8) is 0 Å². The normalized spacial score (nSPS) is 17.9. The van der Waals surface area contributed by atoms with Crippen LogP contribution in [0.4, 0.5) is 5.69 Å². The number of anilines is 1. The van der Waals surface area contributed by atoms with E-state index in [-0.39, 0.29) is 0 Å². The van der Waals surface area contributed by atoms with E-state index in [2.05, 4.69) is 75.0 Å². The highest BCUT2D eigenvalue weighted by atomic mass is 15.3. The molecule has 0 atom stereocenters. The van der Waals surface area contributed by atoms with Crippen molar-refractivity contribution in [3.8, 4) is 11.4 Å². The number of rotatable bonds is 9. The molecule has 1 aliphatic carbocycles. The van der Waals surface area contributed by atoms with Crippen LogP contribution < -0.4 is 10.2 Å². The van der Waals surface area contributed by atoms with E-state index in [1.165, 1.54) is 42.3 Å². The molecule has 2 aliphatic rings. The van der Waals surface area contributed by atoms with Crippen LogP contribution in [0.25, 0.3) is 38.8 Å². The molecule has 0 unspecified atom stereocenters. The van der Waals surface area contributed by atoms with Crippen molar-refractivity contribution in [2.24, 2.45) is 5.92 Å². The van der Waals surface area contributed by atoms with Gasteiger partial charge in [-0.1, -0.05) is 31.6 Å². The van der Waals surface area contributed by atoms with Crippen LogP contribution >= 0.6 is 0 Å². The molecule has 1 saturated heterocycles. The summed E-state index contributed by atoms with van der Waals surface area (Å²) in [6.45, 7) is 12.1. The molecular formula is C32H40N8. The molecule has 3 N–H and O–H groups in total. The fourth-order valence-corrected chi connectivity index (χ4v) is 6.07. The van der Waals surface area contributed by atoms with E-state index in [4.69, 9.17) is 10.1 Å². The largest absolute Gasteiger partial charge is 0.367 e. The summed E-state index contributed by atoms with van der Waals surface area (Å²) in [5.41, 5.74) is 8.14. The Morgan fingerprint density at radius 1 is 1.07 bits per heavy atom. The van der Waals surface area contributed by atoms with E-state index in [0.717, 1.165) is 84.3 Å². The van der Waals surface area contributed by atoms with E-state index in [9.17, 15) is 0 Å². The molecule has 4 aromatic heterocycles. The van der Waals surface area contributed by atoms with Crippen LogP contribution in [-0.4, -0.2) is 76.4 Å². The van der Waals surface area contributed by atoms with Crippen molar-refractivity contribution in [2.75, 3.05) is 51.2 Å². The van der Waals surface area contributed by atoms with E-state index >= 15 is 0 Å². The van der Waals surface area contributed by atoms with Gasteiger partial charge in [0, 0.05) is 43.5 Å². The van der Waals surface area contributed by atoms with Crippen LogP contribution in [0.5, 0.6) is 0 Å². The van der Waals surface area contributed by atoms with Gasteiger partial charge in [0.05, 0.1) is 46.7 Å². The summed E-state index contributed by atoms with van der Waals surface area (Å²) in [4.78, 5) is 17.7. The van der Waals surface area contributed by atoms with E-state index < -0.39 is 0 Å². The summed E-state index contributed by atoms with van der Waals surface area (Å²) in [6, 6.07) is 4.35. The third-order valence-electron chi connectivity index (χ3n) is 8.52. The number of nitrogens with zero attached hydrogens (tertiary/aromatic N) is 5. The Hall–Kier alpha value is -3.75. The third kappa shape index (κ3) is 5.46. The van der Waals surface area contributed by atoms with Gasteiger partial charge in [-0.2, -0.15) is 5.10 Å². The molecule has 6 rings (SSSR count). The number of fused-ring (bicyclic) bond motifs is 2. The first kappa shape index (κ1) is 26.5. The average molecular weight is 537 g/mol. The van der Waals surface area contributed by atoms with E-state index in [0.29, 0.717) is 0 Å². The highest BCUT2D eigenvalue weighted by molar-refractivity contribution is 6.00. The van der Waals surface area contributed by atoms with Gasteiger partial charge in [-0.15, -0.1) is 0 Å². The highest BCUT2D eigenvalue weighted by Crippen LogP contribution is 2.34. The zero-order chi connectivity index (χ0) is 27.5. The minimum absolute atomic E-state index is 0.814. The first-order chi connectivity index (χ1) is 19.6. The number of piperazine rings is 1. The SMILES string of the molecule is C=C/C(=C\C(=C/C)c1cc2c(-c3cc4c(N5CCN(C)CC5)cncc4[nH]3)n[nH]c2cn1)CNCC1CCCC1. The van der Waals surface area contributed by atoms with Crippen molar-refractivity contribution in [1.29, 1.82) is 0 Å². The number of nitrogens with one attached hydrogen (secondary N) is 3. The van der Waals surface area contributed by atoms with Gasteiger partial charge in [0.15, 0.2) is 0 Å². The van der Waals surface area contributed by atoms with Gasteiger partial charge in [-0.05, 0) is 68.6 Å². The number of pyridine rings is 2. The van der Waals surface area contributed by atoms with Gasteiger partial charge in [0.2, 0.25) is 0 Å². The van der Waals surface area contributed by atoms with Crippen LogP contribution in [0.2, 0.25) is 0 Å². The Labute approximate surface area is 236 Å². The van der Waals surface area contributed by atoms with Crippen LogP contribution in [0.1, 0.15) is 38.3 Å². The Balaban J connectivity index is 1.27. The fraction of sp³-hybridized carbons (Fsp3) is 0.406. The van der Waals surface area contributed by atoms with Crippen LogP contribution in [0.15, 0.2) is 61.1 Å². The smallest absolute Gasteiger partial charge is 0.116 e. The molecular weight excluding hydrogens is 496 g/mol. The zero-order valence-electron chi connectivity index (χ0n) is 23.7. The maximum Gasteiger partial charge on any atom is 0.116 e. The Bertz CT molecular complexity index is 1540. The molecule has 0 bridgehead atoms. The molecule has 1 aliphatic heterocycles. The molecule has 208 valence electrons. The third-order valence-corrected chi connectivity index (χ3v) is 8.52. The van der Waals surface area contributed by atoms with Gasteiger partial charge < -0.3 is 20.1 Å². The van der Waals surface area contributed by atoms with Crippen molar-refractivity contribution < 1.29 is 0 Å². The summed E-state index contributed by atoms with van der Waals surface area (Å²) < 4.78 is 0. The number of aromatic amines is 2. The van der Waals surface area contributed by atoms with Gasteiger partial charge in [0.1, 0.15) is 5.69 Å². The summed E-state index contributed by atoms with van der Waals surface area (Å²) in [7, 11) is 2.18. The molecule has 1 saturated carbocycles. The summed E-state index contributed by atoms with van der Waals surface area (Å²) in [5.74, 6) is 0.814. The Morgan fingerprint density at radius 2 is 1.90 bits per heavy atom. The van der Waals surface area contributed by atoms with Crippen LogP contribution in [0.3, 0.4) is 0 Å². The van der Waals surface area contributed by atoms with Crippen molar-refractivity contribution in [1.82, 2.24) is 35.4 Å². The second kappa shape index (κ2) is 11.8. The number of hydrogen-bond acceptors (Lipinski definition) is 6. The number of allylic oxidation sites excluding steroid dienone is 3. The van der Waals surface area contributed by atoms with Gasteiger partial charge in [-0.3, -0.25) is 15.1 Å². The van der Waals surface area contributed by atoms with Crippen LogP contribution in [-0.2, 0) is 0 Å². The summed E-state index contributed by atoms with van der Waals surface area (Å²) in [5, 5.41) is 13.7. The van der Waals surface area contributed by atoms with Gasteiger partial charge >= 0.3 is 0 Å². The molecule has 8 heteroatoms. The second-order valence-electron chi connectivity index (χ2n) is 11.2. The number of H-pyrrole nitrogens is 2. The zero-order valence-corrected chi connectivity index (χ0v) is 23.7. The quantitative estimate of drug-likeness (QED) is 0.243. The summed E-state index contributed by atoms with van der Waals surface area (Å²) in [6.07, 6.45) is 17.5. The molecule has 4 aromatic rings. The van der Waals surface area contributed by atoms with Crippen molar-refractivity contribution >= 4 is 33.1 Å². The standard InChI is InChI=1S/C32H40N8/c1-4-22(17-33-18-23-8-6-7-9-23)14-24(5-2)27-16-26-30(20-35-27)37-38-32(26)28-15-25-29(36-28)19-34-21-31(25)40-12-10-39(3)11-13-40/h4-5,14-16,19-21,23,33,36H,1,6-13,17-18H2,2-3H3,(H,37,38)/b22-14+,24-5+. The maximum atomic E-state index is 4.77. The van der Waals surface area contributed by atoms with Gasteiger partial charge in [0.25, 0.3) is 0 Å². The predicted molar refractivity (Wildman–Crippen MR) is 165 cm³/mol. The van der Waals surface area contributed by atoms with Gasteiger partial charge in [-0.25, -0.2) is 0 Å². The average Bonchev–Trinajstić information content (AvgIpc) is 3.74. The van der Waals surface area contributed by atoms with E-state index in [1.807, 2.05) is 24.7 Å². The Morgan fingerprint density at radius 3 is 2.67 bits per heavy atom. The molecule has 0 aromatic carbocycles. The van der Waals surface area contributed by atoms with Crippen LogP contribution in [0, 0.1) is 5.92 Å². The molecule has 5 heterocycles. The molecule has 2 fully saturated rings. The number of aromatic nitrogens is 5. The fourth-order valence-electron chi connectivity index (χ4n) is 6.07. The second-order valence-corrected chi connectivity index (χ2v) is 11.2. The van der Waals surface area contributed by atoms with Crippen molar-refractivity contribution in [3.05, 3.63) is 66.8 Å². The minimum Gasteiger partial charge on any atom is -0.367 e. The molecule has 0 amide bonds. The Kier molecular flexibility index (Phi) is 7.80. The monoisotopic (exact) mass is 536 g/mol. The lowest BCUT2D eigenvalue weighted by Crippen LogP contribution is -2.44. The van der Waals surface area contributed by atoms with Crippen molar-refractivity contribution in [2.45, 2.75) is 32.6 Å². The lowest BCUT2D eigenvalue weighted by Gasteiger charge is -2.34. The topological polar surface area (TPSA) is 88.8 Å². The number of hydrogen-bond donors (Lipinski definition) is 3. The first-order valence-corrected chi connectivity index (χ1v) is 14.6. The molecule has 0 spiro atoms. The summed E-state index contributed by atoms with van der Waals surface area (Å²) >= 11 is 0. The molecule has 0 radical (unpaired) electrons. The number of likely N-dealkylation sites (N-methyl/N-ethyl adjacent to an activating group) is 1. The minimum atomic E-state index is 0.814. The lowest BCUT2D eigenvalue weighted by molar-refractivity contribution is 0.313. The maximum absolute atomic E-state index is 4.77. The molecule has 8 nitrogen and oxygen atoms in total.